The minimum atomic E-state index is -0.703. The number of allylic oxidation sites excluding steroid dienone is 1. The van der Waals surface area contributed by atoms with Crippen LogP contribution in [0.2, 0.25) is 0 Å². The summed E-state index contributed by atoms with van der Waals surface area (Å²) in [7, 11) is 0. The minimum Gasteiger partial charge on any atom is -0.489 e. The predicted molar refractivity (Wildman–Crippen MR) is 164 cm³/mol. The van der Waals surface area contributed by atoms with Crippen molar-refractivity contribution in [3.8, 4) is 5.75 Å². The van der Waals surface area contributed by atoms with Crippen molar-refractivity contribution in [2.45, 2.75) is 26.2 Å². The highest BCUT2D eigenvalue weighted by molar-refractivity contribution is 7.07. The van der Waals surface area contributed by atoms with Gasteiger partial charge in [-0.15, -0.1) is 0 Å². The lowest BCUT2D eigenvalue weighted by Gasteiger charge is -2.25. The number of hydrogen-bond acceptors (Lipinski definition) is 6. The van der Waals surface area contributed by atoms with Crippen molar-refractivity contribution in [3.05, 3.63) is 168 Å². The molecule has 1 aliphatic heterocycles. The molecule has 1 aliphatic rings. The molecule has 6 rings (SSSR count). The van der Waals surface area contributed by atoms with E-state index in [-0.39, 0.29) is 12.2 Å². The van der Waals surface area contributed by atoms with E-state index in [1.54, 1.807) is 11.5 Å². The van der Waals surface area contributed by atoms with Gasteiger partial charge in [0.1, 0.15) is 19.0 Å². The Kier molecular flexibility index (Phi) is 7.92. The van der Waals surface area contributed by atoms with E-state index in [1.807, 2.05) is 121 Å². The third-order valence-electron chi connectivity index (χ3n) is 7.00. The van der Waals surface area contributed by atoms with Crippen molar-refractivity contribution in [1.29, 1.82) is 0 Å². The van der Waals surface area contributed by atoms with Crippen LogP contribution in [0.25, 0.3) is 6.08 Å². The zero-order valence-electron chi connectivity index (χ0n) is 23.0. The smallest absolute Gasteiger partial charge is 0.338 e. The van der Waals surface area contributed by atoms with Crippen molar-refractivity contribution in [3.63, 3.8) is 0 Å². The topological polar surface area (TPSA) is 69.9 Å². The average molecular weight is 573 g/mol. The molecule has 0 N–H and O–H groups in total. The normalized spacial score (nSPS) is 14.7. The first kappa shape index (κ1) is 27.2. The molecule has 0 aliphatic carbocycles. The van der Waals surface area contributed by atoms with Crippen LogP contribution < -0.4 is 19.6 Å². The fourth-order valence-corrected chi connectivity index (χ4v) is 5.93. The summed E-state index contributed by atoms with van der Waals surface area (Å²) < 4.78 is 13.9. The summed E-state index contributed by atoms with van der Waals surface area (Å²) >= 11 is 1.31. The number of aromatic nitrogens is 1. The van der Waals surface area contributed by atoms with Gasteiger partial charge >= 0.3 is 5.97 Å². The highest BCUT2D eigenvalue weighted by atomic mass is 32.1. The third kappa shape index (κ3) is 5.87. The van der Waals surface area contributed by atoms with Crippen molar-refractivity contribution in [2.24, 2.45) is 4.99 Å². The molecule has 1 aromatic heterocycles. The Hall–Kier alpha value is -5.01. The maximum Gasteiger partial charge on any atom is 0.338 e. The number of rotatable bonds is 8. The first-order valence-electron chi connectivity index (χ1n) is 13.6. The van der Waals surface area contributed by atoms with Crippen LogP contribution in [0.1, 0.15) is 35.2 Å². The molecule has 0 amide bonds. The van der Waals surface area contributed by atoms with Crippen molar-refractivity contribution >= 4 is 23.4 Å². The van der Waals surface area contributed by atoms with Gasteiger partial charge in [0.05, 0.1) is 21.8 Å². The Morgan fingerprint density at radius 2 is 1.43 bits per heavy atom. The Balaban J connectivity index is 1.37. The van der Waals surface area contributed by atoms with Crippen LogP contribution in [0.3, 0.4) is 0 Å². The van der Waals surface area contributed by atoms with E-state index < -0.39 is 12.0 Å². The van der Waals surface area contributed by atoms with Gasteiger partial charge in [0, 0.05) is 0 Å². The van der Waals surface area contributed by atoms with E-state index in [4.69, 9.17) is 14.5 Å². The zero-order chi connectivity index (χ0) is 28.9. The lowest BCUT2D eigenvalue weighted by molar-refractivity contribution is -0.140. The second-order valence-electron chi connectivity index (χ2n) is 9.90. The Morgan fingerprint density at radius 1 is 0.833 bits per heavy atom. The summed E-state index contributed by atoms with van der Waals surface area (Å²) in [5, 5.41) is 0. The van der Waals surface area contributed by atoms with Gasteiger partial charge in [-0.05, 0) is 47.4 Å². The summed E-state index contributed by atoms with van der Waals surface area (Å²) in [6, 6.07) is 35.9. The van der Waals surface area contributed by atoms with E-state index in [9.17, 15) is 9.59 Å². The van der Waals surface area contributed by atoms with Crippen LogP contribution in [0, 0.1) is 0 Å². The molecular weight excluding hydrogens is 544 g/mol. The molecule has 0 saturated carbocycles. The van der Waals surface area contributed by atoms with Crippen LogP contribution in [-0.2, 0) is 22.7 Å². The molecule has 2 heterocycles. The van der Waals surface area contributed by atoms with Crippen LogP contribution in [0.5, 0.6) is 5.75 Å². The summed E-state index contributed by atoms with van der Waals surface area (Å²) in [6.07, 6.45) is 1.86. The first-order chi connectivity index (χ1) is 20.6. The van der Waals surface area contributed by atoms with Gasteiger partial charge in [0.2, 0.25) is 0 Å². The second kappa shape index (κ2) is 12.2. The molecule has 42 heavy (non-hydrogen) atoms. The monoisotopic (exact) mass is 572 g/mol. The predicted octanol–water partition coefficient (Wildman–Crippen LogP) is 5.56. The Morgan fingerprint density at radius 3 is 2.07 bits per heavy atom. The molecule has 0 radical (unpaired) electrons. The third-order valence-corrected chi connectivity index (χ3v) is 7.98. The SMILES string of the molecule is CC1=C(C(=O)OCc2ccccc2)[C@H](c2ccc(OCc3ccccc3)cc2)n2c(s/c(=C/c3ccccc3)c2=O)=N1. The molecule has 0 bridgehead atoms. The lowest BCUT2D eigenvalue weighted by Crippen LogP contribution is -2.39. The van der Waals surface area contributed by atoms with Gasteiger partial charge in [-0.25, -0.2) is 9.79 Å². The van der Waals surface area contributed by atoms with Crippen molar-refractivity contribution in [2.75, 3.05) is 0 Å². The van der Waals surface area contributed by atoms with E-state index in [0.29, 0.717) is 33.0 Å². The number of benzene rings is 4. The molecule has 1 atom stereocenters. The number of thiazole rings is 1. The summed E-state index contributed by atoms with van der Waals surface area (Å²) in [6.45, 7) is 2.34. The first-order valence-corrected chi connectivity index (χ1v) is 14.4. The number of nitrogens with zero attached hydrogens (tertiary/aromatic N) is 2. The van der Waals surface area contributed by atoms with Gasteiger partial charge in [-0.2, -0.15) is 0 Å². The van der Waals surface area contributed by atoms with Crippen molar-refractivity contribution < 1.29 is 14.3 Å². The second-order valence-corrected chi connectivity index (χ2v) is 10.9. The molecule has 0 fully saturated rings. The van der Waals surface area contributed by atoms with Gasteiger partial charge in [0.15, 0.2) is 4.80 Å². The molecule has 0 unspecified atom stereocenters. The number of carbonyl (C=O) groups is 1. The van der Waals surface area contributed by atoms with E-state index >= 15 is 0 Å². The highest BCUT2D eigenvalue weighted by Crippen LogP contribution is 2.32. The summed E-state index contributed by atoms with van der Waals surface area (Å²) in [4.78, 5) is 32.7. The van der Waals surface area contributed by atoms with Gasteiger partial charge in [-0.3, -0.25) is 9.36 Å². The molecule has 4 aromatic carbocycles. The number of ether oxygens (including phenoxy) is 2. The minimum absolute atomic E-state index is 0.119. The van der Waals surface area contributed by atoms with E-state index in [1.165, 1.54) is 11.3 Å². The molecule has 5 aromatic rings. The number of esters is 1. The maximum absolute atomic E-state index is 13.9. The molecule has 7 heteroatoms. The summed E-state index contributed by atoms with van der Waals surface area (Å²) in [5.74, 6) is 0.180. The number of fused-ring (bicyclic) bond motifs is 1. The average Bonchev–Trinajstić information content (AvgIpc) is 3.33. The van der Waals surface area contributed by atoms with Gasteiger partial charge in [0.25, 0.3) is 5.56 Å². The largest absolute Gasteiger partial charge is 0.489 e. The van der Waals surface area contributed by atoms with Gasteiger partial charge in [-0.1, -0.05) is 114 Å². The van der Waals surface area contributed by atoms with Gasteiger partial charge < -0.3 is 9.47 Å². The summed E-state index contributed by atoms with van der Waals surface area (Å²) in [5.41, 5.74) is 4.26. The molecule has 208 valence electrons. The lowest BCUT2D eigenvalue weighted by atomic mass is 9.96. The fourth-order valence-electron chi connectivity index (χ4n) is 4.89. The Bertz CT molecular complexity index is 1910. The quantitative estimate of drug-likeness (QED) is 0.229. The Labute approximate surface area is 247 Å². The van der Waals surface area contributed by atoms with Crippen molar-refractivity contribution in [1.82, 2.24) is 4.57 Å². The molecular formula is C35H28N2O4S. The number of carbonyl (C=O) groups excluding carboxylic acids is 1. The van der Waals surface area contributed by atoms with Crippen LogP contribution in [0.4, 0.5) is 0 Å². The maximum atomic E-state index is 13.9. The highest BCUT2D eigenvalue weighted by Gasteiger charge is 2.33. The van der Waals surface area contributed by atoms with E-state index in [2.05, 4.69) is 0 Å². The van der Waals surface area contributed by atoms with Crippen LogP contribution >= 0.6 is 11.3 Å². The van der Waals surface area contributed by atoms with Crippen LogP contribution in [0.15, 0.2) is 136 Å². The fraction of sp³-hybridized carbons (Fsp3) is 0.114. The van der Waals surface area contributed by atoms with E-state index in [0.717, 1.165) is 22.3 Å². The van der Waals surface area contributed by atoms with Crippen LogP contribution in [-0.4, -0.2) is 10.5 Å². The molecule has 0 spiro atoms. The molecule has 0 saturated heterocycles. The molecule has 6 nitrogen and oxygen atoms in total. The zero-order valence-corrected chi connectivity index (χ0v) is 23.8. The standard InChI is InChI=1S/C35H28N2O4S/c1-24-31(34(39)41-23-27-15-9-4-10-16-27)32(28-17-19-29(20-18-28)40-22-26-13-7-3-8-14-26)37-33(38)30(42-35(37)36-24)21-25-11-5-2-6-12-25/h2-21,32H,22-23H2,1H3/b30-21+/t32-/m0/s1. The number of hydrogen-bond donors (Lipinski definition) is 0.